The van der Waals surface area contributed by atoms with Crippen molar-refractivity contribution in [3.63, 3.8) is 0 Å². The Labute approximate surface area is 283 Å². The van der Waals surface area contributed by atoms with Gasteiger partial charge in [0.25, 0.3) is 0 Å². The minimum absolute atomic E-state index is 0.0268. The highest BCUT2D eigenvalue weighted by molar-refractivity contribution is 6.14. The van der Waals surface area contributed by atoms with Crippen molar-refractivity contribution in [2.75, 3.05) is 34.2 Å². The molecule has 17 nitrogen and oxygen atoms in total. The Morgan fingerprint density at radius 2 is 1.36 bits per heavy atom. The van der Waals surface area contributed by atoms with E-state index in [0.29, 0.717) is 39.1 Å². The van der Waals surface area contributed by atoms with Crippen molar-refractivity contribution in [2.24, 2.45) is 0 Å². The highest BCUT2D eigenvalue weighted by Gasteiger charge is 2.52. The molecule has 0 saturated carbocycles. The van der Waals surface area contributed by atoms with Crippen LogP contribution in [0.15, 0.2) is 30.3 Å². The van der Waals surface area contributed by atoms with Crippen LogP contribution in [0.1, 0.15) is 15.9 Å². The SMILES string of the molecule is COc1cc2c(O[C@H]3O[C@@H](CO)[C@H](O)[C@@H](O)[C@H]3O[C@@H]3O[C@@H](CO)[C@@H](O)[C@H](O)[C@H]3O)c3c(c(-c4ccc5c(c4)OCO5)c2cc1OC)C(=O)OC3. The molecule has 2 fully saturated rings. The highest BCUT2D eigenvalue weighted by atomic mass is 16.8. The summed E-state index contributed by atoms with van der Waals surface area (Å²) in [6.45, 7) is -1.72. The van der Waals surface area contributed by atoms with Crippen molar-refractivity contribution in [1.29, 1.82) is 0 Å². The molecule has 270 valence electrons. The molecule has 3 aromatic carbocycles. The molecule has 0 spiro atoms. The molecule has 4 aliphatic heterocycles. The zero-order chi connectivity index (χ0) is 35.4. The minimum Gasteiger partial charge on any atom is -0.493 e. The van der Waals surface area contributed by atoms with E-state index >= 15 is 0 Å². The predicted molar refractivity (Wildman–Crippen MR) is 165 cm³/mol. The van der Waals surface area contributed by atoms with E-state index in [1.54, 1.807) is 30.3 Å². The van der Waals surface area contributed by atoms with Gasteiger partial charge in [-0.25, -0.2) is 4.79 Å². The number of benzene rings is 3. The summed E-state index contributed by atoms with van der Waals surface area (Å²) >= 11 is 0. The molecular formula is C33H36O17. The van der Waals surface area contributed by atoms with Gasteiger partial charge in [0.1, 0.15) is 55.1 Å². The molecule has 7 N–H and O–H groups in total. The maximum atomic E-state index is 13.5. The summed E-state index contributed by atoms with van der Waals surface area (Å²) in [5.41, 5.74) is 1.44. The predicted octanol–water partition coefficient (Wildman–Crippen LogP) is -1.07. The van der Waals surface area contributed by atoms with Gasteiger partial charge in [0, 0.05) is 16.5 Å². The first-order valence-corrected chi connectivity index (χ1v) is 15.7. The van der Waals surface area contributed by atoms with Crippen LogP contribution in [0.3, 0.4) is 0 Å². The number of rotatable bonds is 9. The van der Waals surface area contributed by atoms with E-state index in [9.17, 15) is 40.5 Å². The number of aliphatic hydroxyl groups excluding tert-OH is 7. The number of carbonyl (C=O) groups excluding carboxylic acids is 1. The summed E-state index contributed by atoms with van der Waals surface area (Å²) in [6, 6.07) is 8.43. The van der Waals surface area contributed by atoms with E-state index < -0.39 is 80.6 Å². The lowest BCUT2D eigenvalue weighted by Crippen LogP contribution is -2.65. The van der Waals surface area contributed by atoms with Gasteiger partial charge >= 0.3 is 5.97 Å². The number of esters is 1. The Hall–Kier alpha value is -4.01. The Bertz CT molecular complexity index is 1760. The van der Waals surface area contributed by atoms with Crippen LogP contribution in [-0.2, 0) is 25.6 Å². The molecule has 50 heavy (non-hydrogen) atoms. The summed E-state index contributed by atoms with van der Waals surface area (Å²) in [5.74, 6) is 0.944. The first kappa shape index (κ1) is 34.4. The summed E-state index contributed by atoms with van der Waals surface area (Å²) in [7, 11) is 2.88. The maximum absolute atomic E-state index is 13.5. The number of aliphatic hydroxyl groups is 7. The van der Waals surface area contributed by atoms with Crippen molar-refractivity contribution in [3.05, 3.63) is 41.5 Å². The summed E-state index contributed by atoms with van der Waals surface area (Å²) < 4.78 is 51.4. The maximum Gasteiger partial charge on any atom is 0.339 e. The van der Waals surface area contributed by atoms with Crippen LogP contribution in [0.2, 0.25) is 0 Å². The van der Waals surface area contributed by atoms with Crippen LogP contribution >= 0.6 is 0 Å². The number of hydrogen-bond acceptors (Lipinski definition) is 17. The van der Waals surface area contributed by atoms with Crippen LogP contribution in [0.5, 0.6) is 28.7 Å². The fraction of sp³-hybridized carbons (Fsp3) is 0.485. The van der Waals surface area contributed by atoms with E-state index in [1.807, 2.05) is 0 Å². The average molecular weight is 705 g/mol. The smallest absolute Gasteiger partial charge is 0.339 e. The Balaban J connectivity index is 1.37. The molecule has 10 atom stereocenters. The quantitative estimate of drug-likeness (QED) is 0.131. The lowest BCUT2D eigenvalue weighted by molar-refractivity contribution is -0.357. The Morgan fingerprint density at radius 1 is 0.720 bits per heavy atom. The van der Waals surface area contributed by atoms with Gasteiger partial charge in [0.15, 0.2) is 35.4 Å². The monoisotopic (exact) mass is 704 g/mol. The van der Waals surface area contributed by atoms with Crippen molar-refractivity contribution in [2.45, 2.75) is 68.0 Å². The van der Waals surface area contributed by atoms with Gasteiger partial charge in [0.05, 0.1) is 33.0 Å². The molecule has 0 aliphatic carbocycles. The molecule has 7 rings (SSSR count). The zero-order valence-corrected chi connectivity index (χ0v) is 26.7. The number of carbonyl (C=O) groups is 1. The molecule has 0 radical (unpaired) electrons. The summed E-state index contributed by atoms with van der Waals surface area (Å²) in [5, 5.41) is 73.7. The van der Waals surface area contributed by atoms with E-state index in [2.05, 4.69) is 0 Å². The van der Waals surface area contributed by atoms with E-state index in [-0.39, 0.29) is 36.0 Å². The van der Waals surface area contributed by atoms with E-state index in [1.165, 1.54) is 14.2 Å². The third-order valence-electron chi connectivity index (χ3n) is 9.27. The normalized spacial score (nSPS) is 31.7. The van der Waals surface area contributed by atoms with Crippen LogP contribution in [0, 0.1) is 0 Å². The number of methoxy groups -OCH3 is 2. The Kier molecular flexibility index (Phi) is 9.37. The third-order valence-corrected chi connectivity index (χ3v) is 9.27. The molecule has 17 heteroatoms. The molecule has 0 bridgehead atoms. The van der Waals surface area contributed by atoms with Crippen molar-refractivity contribution in [1.82, 2.24) is 0 Å². The standard InChI is InChI=1S/C33H36O17/c1-42-17-6-13-14(7-18(17)43-2)29(15-10-44-31(41)23(15)22(13)12-3-4-16-19(5-12)46-11-45-16)49-33-30(27(39)25(37)21(9-35)48-33)50-32-28(40)26(38)24(36)20(8-34)47-32/h3-7,20-21,24-28,30,32-40H,8-11H2,1-2H3/t20-,21-,24+,25-,26-,27+,28+,30+,32-,33+/m0/s1. The molecule has 0 amide bonds. The minimum atomic E-state index is -1.87. The first-order valence-electron chi connectivity index (χ1n) is 15.7. The second-order valence-corrected chi connectivity index (χ2v) is 12.1. The van der Waals surface area contributed by atoms with E-state index in [4.69, 9.17) is 42.6 Å². The molecule has 4 heterocycles. The number of cyclic esters (lactones) is 1. The Morgan fingerprint density at radius 3 is 2.04 bits per heavy atom. The first-order chi connectivity index (χ1) is 24.1. The van der Waals surface area contributed by atoms with E-state index in [0.717, 1.165) is 0 Å². The molecule has 0 aromatic heterocycles. The fourth-order valence-electron chi connectivity index (χ4n) is 6.64. The molecule has 2 saturated heterocycles. The summed E-state index contributed by atoms with van der Waals surface area (Å²) in [4.78, 5) is 13.5. The van der Waals surface area contributed by atoms with Gasteiger partial charge in [-0.15, -0.1) is 0 Å². The zero-order valence-electron chi connectivity index (χ0n) is 26.7. The number of fused-ring (bicyclic) bond motifs is 3. The fourth-order valence-corrected chi connectivity index (χ4v) is 6.64. The van der Waals surface area contributed by atoms with Gasteiger partial charge < -0.3 is 78.4 Å². The van der Waals surface area contributed by atoms with Crippen LogP contribution in [-0.4, -0.2) is 137 Å². The van der Waals surface area contributed by atoms with Gasteiger partial charge in [-0.2, -0.15) is 0 Å². The van der Waals surface area contributed by atoms with Crippen LogP contribution in [0.4, 0.5) is 0 Å². The molecule has 4 aliphatic rings. The second kappa shape index (κ2) is 13.6. The van der Waals surface area contributed by atoms with Gasteiger partial charge in [-0.3, -0.25) is 0 Å². The number of hydrogen-bond donors (Lipinski definition) is 7. The van der Waals surface area contributed by atoms with Crippen molar-refractivity contribution < 1.29 is 83.2 Å². The van der Waals surface area contributed by atoms with Crippen molar-refractivity contribution in [3.8, 4) is 39.9 Å². The van der Waals surface area contributed by atoms with Gasteiger partial charge in [-0.05, 0) is 35.2 Å². The molecule has 0 unspecified atom stereocenters. The highest BCUT2D eigenvalue weighted by Crippen LogP contribution is 2.50. The second-order valence-electron chi connectivity index (χ2n) is 12.1. The number of ether oxygens (including phenoxy) is 9. The topological polar surface area (TPSA) is 242 Å². The third kappa shape index (κ3) is 5.65. The summed E-state index contributed by atoms with van der Waals surface area (Å²) in [6.07, 6.45) is -16.8. The lowest BCUT2D eigenvalue weighted by atomic mass is 9.89. The van der Waals surface area contributed by atoms with Crippen molar-refractivity contribution >= 4 is 16.7 Å². The largest absolute Gasteiger partial charge is 0.493 e. The lowest BCUT2D eigenvalue weighted by Gasteiger charge is -2.46. The van der Waals surface area contributed by atoms with Gasteiger partial charge in [-0.1, -0.05) is 6.07 Å². The van der Waals surface area contributed by atoms with Gasteiger partial charge in [0.2, 0.25) is 13.1 Å². The van der Waals surface area contributed by atoms with Crippen LogP contribution < -0.4 is 23.7 Å². The van der Waals surface area contributed by atoms with Crippen LogP contribution in [0.25, 0.3) is 21.9 Å². The average Bonchev–Trinajstić information content (AvgIpc) is 3.76. The molecular weight excluding hydrogens is 668 g/mol. The molecule has 3 aromatic rings.